The molecule has 9 heteroatoms. The van der Waals surface area contributed by atoms with E-state index in [9.17, 15) is 8.78 Å². The van der Waals surface area contributed by atoms with Crippen LogP contribution in [0.15, 0.2) is 41.1 Å². The minimum Gasteiger partial charge on any atom is -0.494 e. The summed E-state index contributed by atoms with van der Waals surface area (Å²) in [5.41, 5.74) is 1.04. The highest BCUT2D eigenvalue weighted by molar-refractivity contribution is 5.64. The van der Waals surface area contributed by atoms with Crippen molar-refractivity contribution < 1.29 is 18.0 Å². The quantitative estimate of drug-likeness (QED) is 0.710. The molecule has 1 aliphatic rings. The van der Waals surface area contributed by atoms with Crippen LogP contribution in [0.2, 0.25) is 0 Å². The fraction of sp³-hybridized carbons (Fsp3) is 0.316. The number of nitrogens with one attached hydrogen (secondary N) is 1. The van der Waals surface area contributed by atoms with Gasteiger partial charge in [0, 0.05) is 30.9 Å². The van der Waals surface area contributed by atoms with Crippen molar-refractivity contribution in [3.63, 3.8) is 0 Å². The summed E-state index contributed by atoms with van der Waals surface area (Å²) in [6.07, 6.45) is 1.82. The number of alkyl halides is 1. The number of benzene rings is 1. The van der Waals surface area contributed by atoms with Gasteiger partial charge in [0.2, 0.25) is 11.8 Å². The van der Waals surface area contributed by atoms with E-state index >= 15 is 0 Å². The van der Waals surface area contributed by atoms with Gasteiger partial charge in [-0.1, -0.05) is 5.16 Å². The number of aromatic nitrogens is 3. The van der Waals surface area contributed by atoms with Crippen molar-refractivity contribution in [2.24, 2.45) is 0 Å². The second-order valence-corrected chi connectivity index (χ2v) is 6.45. The Kier molecular flexibility index (Phi) is 5.05. The monoisotopic (exact) mass is 387 g/mol. The van der Waals surface area contributed by atoms with Crippen molar-refractivity contribution >= 4 is 17.7 Å². The van der Waals surface area contributed by atoms with Gasteiger partial charge in [-0.25, -0.2) is 13.8 Å². The maximum atomic E-state index is 13.9. The lowest BCUT2D eigenvalue weighted by Gasteiger charge is -2.28. The van der Waals surface area contributed by atoms with E-state index in [4.69, 9.17) is 9.26 Å². The van der Waals surface area contributed by atoms with Crippen molar-refractivity contribution in [3.05, 3.63) is 42.3 Å². The van der Waals surface area contributed by atoms with Gasteiger partial charge in [0.05, 0.1) is 7.11 Å². The number of hydrogen-bond donors (Lipinski definition) is 1. The van der Waals surface area contributed by atoms with Gasteiger partial charge < -0.3 is 19.5 Å². The molecule has 0 unspecified atom stereocenters. The Hall–Kier alpha value is -3.23. The Morgan fingerprint density at radius 1 is 1.21 bits per heavy atom. The summed E-state index contributed by atoms with van der Waals surface area (Å²) < 4.78 is 37.4. The van der Waals surface area contributed by atoms with Gasteiger partial charge in [-0.05, 0) is 37.1 Å². The molecule has 2 aromatic heterocycles. The molecule has 7 nitrogen and oxygen atoms in total. The van der Waals surface area contributed by atoms with Crippen molar-refractivity contribution in [1.82, 2.24) is 15.1 Å². The molecule has 0 saturated carbocycles. The first-order chi connectivity index (χ1) is 13.6. The fourth-order valence-electron chi connectivity index (χ4n) is 3.04. The molecule has 0 radical (unpaired) electrons. The van der Waals surface area contributed by atoms with Crippen molar-refractivity contribution in [1.29, 1.82) is 0 Å². The second-order valence-electron chi connectivity index (χ2n) is 6.45. The van der Waals surface area contributed by atoms with E-state index < -0.39 is 12.0 Å². The molecular weight excluding hydrogens is 368 g/mol. The van der Waals surface area contributed by atoms with Crippen molar-refractivity contribution in [2.45, 2.75) is 19.0 Å². The standard InChI is InChI=1S/C19H19F2N5O2/c1-27-16-3-2-12(10-14(16)21)15-11-18(28-25-15)23-17-4-7-22-19(24-17)26-8-5-13(20)6-9-26/h2-4,7,10-11,13H,5-6,8-9H2,1H3,(H,22,23,24). The molecule has 1 N–H and O–H groups in total. The second kappa shape index (κ2) is 7.79. The molecule has 1 fully saturated rings. The predicted molar refractivity (Wildman–Crippen MR) is 100 cm³/mol. The minimum absolute atomic E-state index is 0.163. The molecule has 28 heavy (non-hydrogen) atoms. The zero-order chi connectivity index (χ0) is 19.5. The Balaban J connectivity index is 1.48. The number of ether oxygens (including phenoxy) is 1. The summed E-state index contributed by atoms with van der Waals surface area (Å²) in [5.74, 6) is 1.11. The van der Waals surface area contributed by atoms with Crippen LogP contribution >= 0.6 is 0 Å². The largest absolute Gasteiger partial charge is 0.494 e. The Bertz CT molecular complexity index is 957. The van der Waals surface area contributed by atoms with Gasteiger partial charge in [-0.2, -0.15) is 4.98 Å². The van der Waals surface area contributed by atoms with Gasteiger partial charge in [-0.3, -0.25) is 0 Å². The number of nitrogens with zero attached hydrogens (tertiary/aromatic N) is 4. The van der Waals surface area contributed by atoms with Gasteiger partial charge >= 0.3 is 0 Å². The lowest BCUT2D eigenvalue weighted by atomic mass is 10.1. The van der Waals surface area contributed by atoms with Crippen LogP contribution in [0.5, 0.6) is 5.75 Å². The number of halogens is 2. The van der Waals surface area contributed by atoms with Crippen molar-refractivity contribution in [3.8, 4) is 17.0 Å². The first kappa shape index (κ1) is 18.1. The number of rotatable bonds is 5. The lowest BCUT2D eigenvalue weighted by molar-refractivity contribution is 0.276. The summed E-state index contributed by atoms with van der Waals surface area (Å²) in [6, 6.07) is 7.90. The zero-order valence-electron chi connectivity index (χ0n) is 15.2. The molecule has 146 valence electrons. The molecule has 3 aromatic rings. The lowest BCUT2D eigenvalue weighted by Crippen LogP contribution is -2.35. The van der Waals surface area contributed by atoms with Gasteiger partial charge in [0.1, 0.15) is 17.7 Å². The number of hydrogen-bond acceptors (Lipinski definition) is 7. The molecule has 0 spiro atoms. The minimum atomic E-state index is -0.757. The van der Waals surface area contributed by atoms with Crippen LogP contribution in [0.4, 0.5) is 26.4 Å². The predicted octanol–water partition coefficient (Wildman–Crippen LogP) is 3.96. The molecular formula is C19H19F2N5O2. The highest BCUT2D eigenvalue weighted by atomic mass is 19.1. The number of methoxy groups -OCH3 is 1. The van der Waals surface area contributed by atoms with Gasteiger partial charge in [0.25, 0.3) is 0 Å². The molecule has 1 aromatic carbocycles. The topological polar surface area (TPSA) is 76.3 Å². The van der Waals surface area contributed by atoms with E-state index in [-0.39, 0.29) is 5.75 Å². The fourth-order valence-corrected chi connectivity index (χ4v) is 3.04. The summed E-state index contributed by atoms with van der Waals surface area (Å²) in [4.78, 5) is 10.7. The SMILES string of the molecule is COc1ccc(-c2cc(Nc3ccnc(N4CCC(F)CC4)n3)on2)cc1F. The molecule has 0 bridgehead atoms. The van der Waals surface area contributed by atoms with Crippen LogP contribution in [0.25, 0.3) is 11.3 Å². The average Bonchev–Trinajstić information content (AvgIpc) is 3.17. The van der Waals surface area contributed by atoms with Crippen LogP contribution < -0.4 is 15.0 Å². The van der Waals surface area contributed by atoms with Crippen LogP contribution in [-0.4, -0.2) is 41.5 Å². The Morgan fingerprint density at radius 3 is 2.79 bits per heavy atom. The summed E-state index contributed by atoms with van der Waals surface area (Å²) in [7, 11) is 1.41. The smallest absolute Gasteiger partial charge is 0.230 e. The molecule has 3 heterocycles. The van der Waals surface area contributed by atoms with E-state index in [0.717, 1.165) is 0 Å². The third-order valence-electron chi connectivity index (χ3n) is 4.56. The van der Waals surface area contributed by atoms with E-state index in [1.54, 1.807) is 24.4 Å². The molecule has 4 rings (SSSR count). The third-order valence-corrected chi connectivity index (χ3v) is 4.56. The van der Waals surface area contributed by atoms with Crippen LogP contribution in [0.3, 0.4) is 0 Å². The Labute approximate surface area is 160 Å². The summed E-state index contributed by atoms with van der Waals surface area (Å²) in [5, 5.41) is 6.98. The molecule has 0 amide bonds. The number of anilines is 3. The van der Waals surface area contributed by atoms with E-state index in [2.05, 4.69) is 20.4 Å². The highest BCUT2D eigenvalue weighted by Crippen LogP contribution is 2.28. The normalized spacial score (nSPS) is 14.9. The molecule has 0 aliphatic carbocycles. The summed E-state index contributed by atoms with van der Waals surface area (Å²) >= 11 is 0. The summed E-state index contributed by atoms with van der Waals surface area (Å²) in [6.45, 7) is 1.17. The first-order valence-corrected chi connectivity index (χ1v) is 8.92. The van der Waals surface area contributed by atoms with Crippen LogP contribution in [-0.2, 0) is 0 Å². The molecule has 1 saturated heterocycles. The van der Waals surface area contributed by atoms with Gasteiger partial charge in [0.15, 0.2) is 11.6 Å². The molecule has 0 atom stereocenters. The zero-order valence-corrected chi connectivity index (χ0v) is 15.2. The van der Waals surface area contributed by atoms with E-state index in [1.807, 2.05) is 4.90 Å². The number of piperidine rings is 1. The highest BCUT2D eigenvalue weighted by Gasteiger charge is 2.20. The van der Waals surface area contributed by atoms with Crippen molar-refractivity contribution in [2.75, 3.05) is 30.4 Å². The molecule has 1 aliphatic heterocycles. The maximum absolute atomic E-state index is 13.9. The van der Waals surface area contributed by atoms with Crippen LogP contribution in [0, 0.1) is 5.82 Å². The maximum Gasteiger partial charge on any atom is 0.230 e. The van der Waals surface area contributed by atoms with E-state index in [1.165, 1.54) is 19.2 Å². The first-order valence-electron chi connectivity index (χ1n) is 8.92. The van der Waals surface area contributed by atoms with Gasteiger partial charge in [-0.15, -0.1) is 0 Å². The van der Waals surface area contributed by atoms with E-state index in [0.29, 0.717) is 54.8 Å². The van der Waals surface area contributed by atoms with Crippen LogP contribution in [0.1, 0.15) is 12.8 Å². The average molecular weight is 387 g/mol. The third kappa shape index (κ3) is 3.88. The Morgan fingerprint density at radius 2 is 2.04 bits per heavy atom.